The lowest BCUT2D eigenvalue weighted by Gasteiger charge is -2.09. The summed E-state index contributed by atoms with van der Waals surface area (Å²) in [5.74, 6) is -0.692. The maximum atomic E-state index is 13.5. The SMILES string of the molecule is CC(C)OCCCNC(=O)Cc1c(F)cccc1Cl. The van der Waals surface area contributed by atoms with E-state index in [2.05, 4.69) is 5.32 Å². The third kappa shape index (κ3) is 6.03. The molecule has 5 heteroatoms. The minimum atomic E-state index is -0.453. The van der Waals surface area contributed by atoms with Crippen molar-refractivity contribution in [2.45, 2.75) is 32.8 Å². The van der Waals surface area contributed by atoms with Gasteiger partial charge in [-0.05, 0) is 32.4 Å². The van der Waals surface area contributed by atoms with Crippen LogP contribution in [0, 0.1) is 5.82 Å². The highest BCUT2D eigenvalue weighted by Gasteiger charge is 2.11. The van der Waals surface area contributed by atoms with Crippen LogP contribution in [0.1, 0.15) is 25.8 Å². The smallest absolute Gasteiger partial charge is 0.224 e. The molecule has 0 fully saturated rings. The van der Waals surface area contributed by atoms with E-state index < -0.39 is 5.82 Å². The standard InChI is InChI=1S/C14H19ClFNO2/c1-10(2)19-8-4-7-17-14(18)9-11-12(15)5-3-6-13(11)16/h3,5-6,10H,4,7-9H2,1-2H3,(H,17,18). The molecule has 1 amide bonds. The molecule has 0 aliphatic carbocycles. The van der Waals surface area contributed by atoms with E-state index in [0.717, 1.165) is 6.42 Å². The first-order valence-electron chi connectivity index (χ1n) is 6.32. The van der Waals surface area contributed by atoms with Gasteiger partial charge >= 0.3 is 0 Å². The minimum absolute atomic E-state index is 0.0451. The lowest BCUT2D eigenvalue weighted by molar-refractivity contribution is -0.120. The Bertz CT molecular complexity index is 404. The van der Waals surface area contributed by atoms with E-state index in [1.54, 1.807) is 6.07 Å². The molecule has 0 bridgehead atoms. The van der Waals surface area contributed by atoms with Gasteiger partial charge in [0.05, 0.1) is 12.5 Å². The summed E-state index contributed by atoms with van der Waals surface area (Å²) in [5, 5.41) is 2.99. The highest BCUT2D eigenvalue weighted by Crippen LogP contribution is 2.19. The van der Waals surface area contributed by atoms with Crippen LogP contribution in [0.5, 0.6) is 0 Å². The molecule has 106 valence electrons. The molecule has 0 radical (unpaired) electrons. The summed E-state index contributed by atoms with van der Waals surface area (Å²) >= 11 is 5.85. The summed E-state index contributed by atoms with van der Waals surface area (Å²) in [6.07, 6.45) is 0.874. The third-order valence-corrected chi connectivity index (χ3v) is 2.85. The molecular formula is C14H19ClFNO2. The first-order chi connectivity index (χ1) is 9.00. The lowest BCUT2D eigenvalue weighted by atomic mass is 10.1. The number of benzene rings is 1. The van der Waals surface area contributed by atoms with Crippen LogP contribution in [-0.2, 0) is 16.0 Å². The summed E-state index contributed by atoms with van der Waals surface area (Å²) in [4.78, 5) is 11.6. The molecule has 0 heterocycles. The minimum Gasteiger partial charge on any atom is -0.379 e. The second-order valence-electron chi connectivity index (χ2n) is 4.50. The van der Waals surface area contributed by atoms with Gasteiger partial charge < -0.3 is 10.1 Å². The average molecular weight is 288 g/mol. The van der Waals surface area contributed by atoms with Crippen molar-refractivity contribution in [2.75, 3.05) is 13.2 Å². The van der Waals surface area contributed by atoms with Crippen LogP contribution in [0.2, 0.25) is 5.02 Å². The van der Waals surface area contributed by atoms with Crippen LogP contribution in [0.15, 0.2) is 18.2 Å². The first-order valence-corrected chi connectivity index (χ1v) is 6.69. The molecule has 0 atom stereocenters. The van der Waals surface area contributed by atoms with Gasteiger partial charge in [0.1, 0.15) is 5.82 Å². The largest absolute Gasteiger partial charge is 0.379 e. The molecule has 1 aromatic rings. The molecule has 3 nitrogen and oxygen atoms in total. The lowest BCUT2D eigenvalue weighted by Crippen LogP contribution is -2.27. The summed E-state index contributed by atoms with van der Waals surface area (Å²) < 4.78 is 18.8. The Morgan fingerprint density at radius 2 is 2.21 bits per heavy atom. The zero-order valence-electron chi connectivity index (χ0n) is 11.2. The Labute approximate surface area is 118 Å². The Hall–Kier alpha value is -1.13. The van der Waals surface area contributed by atoms with Gasteiger partial charge in [-0.2, -0.15) is 0 Å². The van der Waals surface area contributed by atoms with Crippen LogP contribution in [0.3, 0.4) is 0 Å². The molecule has 0 aliphatic rings. The van der Waals surface area contributed by atoms with Crippen molar-refractivity contribution in [2.24, 2.45) is 0 Å². The van der Waals surface area contributed by atoms with Gasteiger partial charge in [-0.1, -0.05) is 17.7 Å². The number of nitrogens with one attached hydrogen (secondary N) is 1. The number of ether oxygens (including phenoxy) is 1. The fourth-order valence-corrected chi connectivity index (χ4v) is 1.77. The van der Waals surface area contributed by atoms with Crippen molar-refractivity contribution in [1.29, 1.82) is 0 Å². The predicted molar refractivity (Wildman–Crippen MR) is 73.8 cm³/mol. The summed E-state index contributed by atoms with van der Waals surface area (Å²) in [5.41, 5.74) is 0.236. The zero-order chi connectivity index (χ0) is 14.3. The van der Waals surface area contributed by atoms with E-state index in [0.29, 0.717) is 13.2 Å². The van der Waals surface area contributed by atoms with Crippen molar-refractivity contribution < 1.29 is 13.9 Å². The van der Waals surface area contributed by atoms with Gasteiger partial charge in [0.2, 0.25) is 5.91 Å². The maximum absolute atomic E-state index is 13.5. The van der Waals surface area contributed by atoms with E-state index in [9.17, 15) is 9.18 Å². The fourth-order valence-electron chi connectivity index (χ4n) is 1.54. The van der Waals surface area contributed by atoms with Gasteiger partial charge in [-0.3, -0.25) is 4.79 Å². The van der Waals surface area contributed by atoms with Gasteiger partial charge in [-0.25, -0.2) is 4.39 Å². The second kappa shape index (κ2) is 8.12. The third-order valence-electron chi connectivity index (χ3n) is 2.49. The number of carbonyl (C=O) groups is 1. The Morgan fingerprint density at radius 1 is 1.47 bits per heavy atom. The molecule has 1 rings (SSSR count). The molecule has 0 aliphatic heterocycles. The molecular weight excluding hydrogens is 269 g/mol. The van der Waals surface area contributed by atoms with Crippen LogP contribution in [0.25, 0.3) is 0 Å². The van der Waals surface area contributed by atoms with E-state index in [1.165, 1.54) is 12.1 Å². The second-order valence-corrected chi connectivity index (χ2v) is 4.91. The van der Waals surface area contributed by atoms with E-state index >= 15 is 0 Å². The molecule has 19 heavy (non-hydrogen) atoms. The Balaban J connectivity index is 2.32. The summed E-state index contributed by atoms with van der Waals surface area (Å²) in [6.45, 7) is 5.02. The van der Waals surface area contributed by atoms with Gasteiger partial charge in [0.15, 0.2) is 0 Å². The average Bonchev–Trinajstić information content (AvgIpc) is 2.33. The topological polar surface area (TPSA) is 38.3 Å². The number of carbonyl (C=O) groups excluding carboxylic acids is 1. The quantitative estimate of drug-likeness (QED) is 0.783. The van der Waals surface area contributed by atoms with E-state index in [4.69, 9.17) is 16.3 Å². The highest BCUT2D eigenvalue weighted by atomic mass is 35.5. The van der Waals surface area contributed by atoms with Crippen molar-refractivity contribution in [1.82, 2.24) is 5.32 Å². The Kier molecular flexibility index (Phi) is 6.81. The number of hydrogen-bond acceptors (Lipinski definition) is 2. The van der Waals surface area contributed by atoms with E-state index in [1.807, 2.05) is 13.8 Å². The molecule has 0 saturated heterocycles. The van der Waals surface area contributed by atoms with Crippen LogP contribution in [-0.4, -0.2) is 25.2 Å². The number of hydrogen-bond donors (Lipinski definition) is 1. The monoisotopic (exact) mass is 287 g/mol. The number of rotatable bonds is 7. The summed E-state index contributed by atoms with van der Waals surface area (Å²) in [7, 11) is 0. The molecule has 0 unspecified atom stereocenters. The van der Waals surface area contributed by atoms with Gasteiger partial charge in [0, 0.05) is 23.7 Å². The number of halogens is 2. The zero-order valence-corrected chi connectivity index (χ0v) is 12.0. The molecule has 0 aromatic heterocycles. The molecule has 0 spiro atoms. The van der Waals surface area contributed by atoms with Crippen LogP contribution >= 0.6 is 11.6 Å². The van der Waals surface area contributed by atoms with Crippen LogP contribution < -0.4 is 5.32 Å². The molecule has 0 saturated carbocycles. The van der Waals surface area contributed by atoms with Crippen molar-refractivity contribution >= 4 is 17.5 Å². The maximum Gasteiger partial charge on any atom is 0.224 e. The number of amides is 1. The van der Waals surface area contributed by atoms with Gasteiger partial charge in [0.25, 0.3) is 0 Å². The highest BCUT2D eigenvalue weighted by molar-refractivity contribution is 6.31. The van der Waals surface area contributed by atoms with Crippen LogP contribution in [0.4, 0.5) is 4.39 Å². The van der Waals surface area contributed by atoms with Gasteiger partial charge in [-0.15, -0.1) is 0 Å². The fraction of sp³-hybridized carbons (Fsp3) is 0.500. The van der Waals surface area contributed by atoms with Crippen molar-refractivity contribution in [3.8, 4) is 0 Å². The van der Waals surface area contributed by atoms with Crippen molar-refractivity contribution in [3.05, 3.63) is 34.6 Å². The summed E-state index contributed by atoms with van der Waals surface area (Å²) in [6, 6.07) is 4.39. The predicted octanol–water partition coefficient (Wildman–Crippen LogP) is 2.95. The molecule has 1 aromatic carbocycles. The normalized spacial score (nSPS) is 10.8. The van der Waals surface area contributed by atoms with E-state index in [-0.39, 0.29) is 29.0 Å². The van der Waals surface area contributed by atoms with Crippen molar-refractivity contribution in [3.63, 3.8) is 0 Å². The first kappa shape index (κ1) is 15.9. The molecule has 1 N–H and O–H groups in total. The Morgan fingerprint density at radius 3 is 2.84 bits per heavy atom.